The number of nitrogens with one attached hydrogen (secondary N) is 4. The van der Waals surface area contributed by atoms with Crippen molar-refractivity contribution in [3.63, 3.8) is 0 Å². The predicted molar refractivity (Wildman–Crippen MR) is 186 cm³/mol. The van der Waals surface area contributed by atoms with Crippen LogP contribution in [0.15, 0.2) is 48.7 Å². The molecule has 4 amide bonds. The van der Waals surface area contributed by atoms with E-state index in [-0.39, 0.29) is 25.0 Å². The Labute approximate surface area is 289 Å². The Morgan fingerprint density at radius 2 is 1.65 bits per heavy atom. The Bertz CT molecular complexity index is 1440. The highest BCUT2D eigenvalue weighted by Gasteiger charge is 2.53. The largest absolute Gasteiger partial charge is 0.453 e. The van der Waals surface area contributed by atoms with Gasteiger partial charge in [0.1, 0.15) is 11.6 Å². The topological polar surface area (TPSA) is 171 Å². The van der Waals surface area contributed by atoms with Crippen molar-refractivity contribution in [2.45, 2.75) is 105 Å². The molecule has 1 heterocycles. The van der Waals surface area contributed by atoms with Crippen LogP contribution in [0.2, 0.25) is 0 Å². The molecule has 0 aliphatic heterocycles. The zero-order valence-electron chi connectivity index (χ0n) is 30.4. The second kappa shape index (κ2) is 16.0. The van der Waals surface area contributed by atoms with Gasteiger partial charge in [-0.1, -0.05) is 65.0 Å². The summed E-state index contributed by atoms with van der Waals surface area (Å²) < 4.78 is 10.1. The molecule has 49 heavy (non-hydrogen) atoms. The fourth-order valence-corrected chi connectivity index (χ4v) is 5.63. The fraction of sp³-hybridized carbons (Fsp3) is 0.583. The number of nitrogens with zero attached hydrogens (tertiary/aromatic N) is 2. The Balaban J connectivity index is 1.72. The van der Waals surface area contributed by atoms with Crippen LogP contribution in [0.4, 0.5) is 9.59 Å². The van der Waals surface area contributed by atoms with E-state index in [0.717, 1.165) is 16.8 Å². The number of hydrazine groups is 1. The van der Waals surface area contributed by atoms with E-state index in [2.05, 4.69) is 26.4 Å². The average molecular weight is 683 g/mol. The first-order valence-electron chi connectivity index (χ1n) is 16.6. The van der Waals surface area contributed by atoms with Gasteiger partial charge in [0, 0.05) is 36.8 Å². The summed E-state index contributed by atoms with van der Waals surface area (Å²) in [5.41, 5.74) is 3.62. The summed E-state index contributed by atoms with van der Waals surface area (Å²) in [5, 5.41) is 21.3. The minimum absolute atomic E-state index is 0.0405. The lowest BCUT2D eigenvalue weighted by Crippen LogP contribution is -2.64. The maximum Gasteiger partial charge on any atom is 0.407 e. The van der Waals surface area contributed by atoms with Gasteiger partial charge in [0.25, 0.3) is 5.91 Å². The van der Waals surface area contributed by atoms with Crippen molar-refractivity contribution >= 4 is 24.0 Å². The number of alkyl carbamates (subject to hydrolysis) is 2. The first kappa shape index (κ1) is 39.2. The van der Waals surface area contributed by atoms with Crippen LogP contribution in [0.5, 0.6) is 0 Å². The van der Waals surface area contributed by atoms with Crippen molar-refractivity contribution in [1.82, 2.24) is 31.4 Å². The molecular weight excluding hydrogens is 628 g/mol. The van der Waals surface area contributed by atoms with Crippen LogP contribution in [0.3, 0.4) is 0 Å². The molecule has 2 aromatic rings. The van der Waals surface area contributed by atoms with E-state index in [1.54, 1.807) is 38.9 Å². The summed E-state index contributed by atoms with van der Waals surface area (Å²) in [6.45, 7) is 16.5. The number of aromatic nitrogens is 1. The first-order valence-corrected chi connectivity index (χ1v) is 16.6. The molecular formula is C36H54N6O7. The number of hydrogen-bond acceptors (Lipinski definition) is 9. The van der Waals surface area contributed by atoms with Crippen molar-refractivity contribution < 1.29 is 33.8 Å². The summed E-state index contributed by atoms with van der Waals surface area (Å²) in [6.07, 6.45) is -0.208. The molecule has 1 aromatic heterocycles. The Morgan fingerprint density at radius 1 is 1.00 bits per heavy atom. The zero-order chi connectivity index (χ0) is 36.7. The van der Waals surface area contributed by atoms with Crippen LogP contribution in [0, 0.1) is 16.7 Å². The van der Waals surface area contributed by atoms with E-state index in [4.69, 9.17) is 9.47 Å². The molecule has 13 heteroatoms. The molecule has 1 aliphatic carbocycles. The van der Waals surface area contributed by atoms with Gasteiger partial charge in [0.2, 0.25) is 5.91 Å². The zero-order valence-corrected chi connectivity index (χ0v) is 30.4. The molecule has 5 atom stereocenters. The molecule has 0 bridgehead atoms. The summed E-state index contributed by atoms with van der Waals surface area (Å²) in [5.74, 6) is -1.13. The van der Waals surface area contributed by atoms with Crippen LogP contribution in [-0.2, 0) is 25.6 Å². The van der Waals surface area contributed by atoms with Gasteiger partial charge in [-0.05, 0) is 62.6 Å². The van der Waals surface area contributed by atoms with Crippen LogP contribution >= 0.6 is 0 Å². The van der Waals surface area contributed by atoms with Gasteiger partial charge in [-0.25, -0.2) is 14.6 Å². The molecule has 1 aliphatic rings. The monoisotopic (exact) mass is 682 g/mol. The van der Waals surface area contributed by atoms with Crippen LogP contribution in [0.25, 0.3) is 11.3 Å². The molecule has 5 N–H and O–H groups in total. The lowest BCUT2D eigenvalue weighted by molar-refractivity contribution is -0.139. The Morgan fingerprint density at radius 3 is 2.18 bits per heavy atom. The van der Waals surface area contributed by atoms with E-state index >= 15 is 0 Å². The lowest BCUT2D eigenvalue weighted by Gasteiger charge is -2.51. The van der Waals surface area contributed by atoms with Gasteiger partial charge in [0.05, 0.1) is 24.9 Å². The Hall–Kier alpha value is -4.23. The predicted octanol–water partition coefficient (Wildman–Crippen LogP) is 4.16. The van der Waals surface area contributed by atoms with E-state index < -0.39 is 58.6 Å². The average Bonchev–Trinajstić information content (AvgIpc) is 3.00. The molecule has 1 fully saturated rings. The number of rotatable bonds is 12. The molecule has 1 aromatic carbocycles. The van der Waals surface area contributed by atoms with Crippen LogP contribution in [-0.4, -0.2) is 82.6 Å². The molecule has 5 unspecified atom stereocenters. The van der Waals surface area contributed by atoms with Crippen LogP contribution in [0.1, 0.15) is 74.3 Å². The molecule has 0 saturated heterocycles. The minimum atomic E-state index is -1.09. The minimum Gasteiger partial charge on any atom is -0.453 e. The van der Waals surface area contributed by atoms with Gasteiger partial charge in [-0.3, -0.25) is 20.0 Å². The number of pyridine rings is 1. The third kappa shape index (κ3) is 11.1. The highest BCUT2D eigenvalue weighted by atomic mass is 16.6. The van der Waals surface area contributed by atoms with Crippen molar-refractivity contribution in [3.05, 3.63) is 54.2 Å². The van der Waals surface area contributed by atoms with E-state index in [0.29, 0.717) is 6.42 Å². The molecule has 1 saturated carbocycles. The standard InChI is InChI=1S/C36H54N6O7/c1-22(38-30(44)25-19-28(36(25,8)9)39-33(47)49-35(5,6)7)27(43)21-42(41-31(45)29(34(2,3)4)40-32(46)48-10)20-23-14-16-24(17-15-23)26-13-11-12-18-37-26/h11-18,22,25,27-29,43H,19-21H2,1-10H3,(H,38,44)(H,39,47)(H,40,46)(H,41,45). The number of methoxy groups -OCH3 is 1. The highest BCUT2D eigenvalue weighted by molar-refractivity contribution is 5.86. The van der Waals surface area contributed by atoms with Gasteiger partial charge >= 0.3 is 12.2 Å². The van der Waals surface area contributed by atoms with Crippen molar-refractivity contribution in [3.8, 4) is 11.3 Å². The van der Waals surface area contributed by atoms with E-state index in [1.165, 1.54) is 7.11 Å². The molecule has 270 valence electrons. The number of carbonyl (C=O) groups is 4. The summed E-state index contributed by atoms with van der Waals surface area (Å²) >= 11 is 0. The quantitative estimate of drug-likeness (QED) is 0.206. The number of benzene rings is 1. The van der Waals surface area contributed by atoms with E-state index in [9.17, 15) is 24.3 Å². The number of aliphatic hydroxyl groups excluding tert-OH is 1. The lowest BCUT2D eigenvalue weighted by atomic mass is 9.58. The third-order valence-corrected chi connectivity index (χ3v) is 8.76. The fourth-order valence-electron chi connectivity index (χ4n) is 5.63. The van der Waals surface area contributed by atoms with Crippen molar-refractivity contribution in [2.75, 3.05) is 13.7 Å². The second-order valence-electron chi connectivity index (χ2n) is 15.4. The highest BCUT2D eigenvalue weighted by Crippen LogP contribution is 2.46. The maximum absolute atomic E-state index is 13.6. The molecule has 0 radical (unpaired) electrons. The normalized spacial score (nSPS) is 19.0. The van der Waals surface area contributed by atoms with Crippen molar-refractivity contribution in [2.24, 2.45) is 16.7 Å². The summed E-state index contributed by atoms with van der Waals surface area (Å²) in [6, 6.07) is 11.5. The number of amides is 4. The molecule has 0 spiro atoms. The van der Waals surface area contributed by atoms with Gasteiger partial charge < -0.3 is 30.5 Å². The van der Waals surface area contributed by atoms with Crippen molar-refractivity contribution in [1.29, 1.82) is 0 Å². The number of ether oxygens (including phenoxy) is 2. The Kier molecular flexibility index (Phi) is 12.8. The summed E-state index contributed by atoms with van der Waals surface area (Å²) in [7, 11) is 1.22. The van der Waals surface area contributed by atoms with Gasteiger partial charge in [0.15, 0.2) is 0 Å². The molecule has 13 nitrogen and oxygen atoms in total. The maximum atomic E-state index is 13.6. The SMILES string of the molecule is COC(=O)NC(C(=O)NN(Cc1ccc(-c2ccccn2)cc1)CC(O)C(C)NC(=O)C1CC(NC(=O)OC(C)(C)C)C1(C)C)C(C)(C)C. The summed E-state index contributed by atoms with van der Waals surface area (Å²) in [4.78, 5) is 55.7. The number of aliphatic hydroxyl groups is 1. The number of carbonyl (C=O) groups excluding carboxylic acids is 4. The van der Waals surface area contributed by atoms with E-state index in [1.807, 2.05) is 77.1 Å². The molecule has 3 rings (SSSR count). The second-order valence-corrected chi connectivity index (χ2v) is 15.4. The number of hydrogen-bond donors (Lipinski definition) is 5. The third-order valence-electron chi connectivity index (χ3n) is 8.76. The van der Waals surface area contributed by atoms with Gasteiger partial charge in [-0.15, -0.1) is 0 Å². The first-order chi connectivity index (χ1) is 22.7. The van der Waals surface area contributed by atoms with Gasteiger partial charge in [-0.2, -0.15) is 0 Å². The van der Waals surface area contributed by atoms with Crippen LogP contribution < -0.4 is 21.4 Å². The smallest absolute Gasteiger partial charge is 0.407 e.